The van der Waals surface area contributed by atoms with Gasteiger partial charge in [-0.1, -0.05) is 19.0 Å². The average Bonchev–Trinajstić information content (AvgIpc) is 2.63. The summed E-state index contributed by atoms with van der Waals surface area (Å²) in [6.45, 7) is 4.33. The zero-order chi connectivity index (χ0) is 11.1. The number of hydrogen-bond donors (Lipinski definition) is 2. The predicted molar refractivity (Wildman–Crippen MR) is 56.5 cm³/mol. The van der Waals surface area contributed by atoms with Crippen LogP contribution in [-0.4, -0.2) is 16.8 Å². The average molecular weight is 210 g/mol. The normalized spacial score (nSPS) is 25.7. The van der Waals surface area contributed by atoms with Gasteiger partial charge in [0.25, 0.3) is 0 Å². The van der Waals surface area contributed by atoms with Gasteiger partial charge in [0.15, 0.2) is 0 Å². The summed E-state index contributed by atoms with van der Waals surface area (Å²) in [6, 6.07) is 0. The molecule has 0 spiro atoms. The van der Waals surface area contributed by atoms with Gasteiger partial charge in [-0.05, 0) is 18.8 Å². The Labute approximate surface area is 89.4 Å². The van der Waals surface area contributed by atoms with Crippen molar-refractivity contribution in [1.82, 2.24) is 5.16 Å². The summed E-state index contributed by atoms with van der Waals surface area (Å²) in [7, 11) is 0. The molecule has 0 aliphatic heterocycles. The van der Waals surface area contributed by atoms with Crippen molar-refractivity contribution in [1.29, 1.82) is 0 Å². The topological polar surface area (TPSA) is 72.3 Å². The van der Waals surface area contributed by atoms with Crippen LogP contribution in [0.25, 0.3) is 0 Å². The van der Waals surface area contributed by atoms with Crippen molar-refractivity contribution in [2.75, 3.05) is 6.54 Å². The number of nitrogens with zero attached hydrogens (tertiary/aromatic N) is 1. The molecular formula is C11H18N2O2. The minimum Gasteiger partial charge on any atom is -0.384 e. The van der Waals surface area contributed by atoms with E-state index in [2.05, 4.69) is 5.16 Å². The number of rotatable bonds is 2. The maximum Gasteiger partial charge on any atom is 0.143 e. The van der Waals surface area contributed by atoms with Crippen LogP contribution in [-0.2, 0) is 12.0 Å². The fraction of sp³-hybridized carbons (Fsp3) is 0.727. The van der Waals surface area contributed by atoms with Crippen LogP contribution in [0.1, 0.15) is 49.6 Å². The number of hydrogen-bond acceptors (Lipinski definition) is 4. The lowest BCUT2D eigenvalue weighted by Crippen LogP contribution is -2.38. The second kappa shape index (κ2) is 3.61. The third kappa shape index (κ3) is 1.58. The maximum absolute atomic E-state index is 10.4. The lowest BCUT2D eigenvalue weighted by atomic mass is 9.80. The molecule has 1 aliphatic carbocycles. The van der Waals surface area contributed by atoms with Gasteiger partial charge in [-0.25, -0.2) is 0 Å². The molecule has 0 amide bonds. The minimum atomic E-state index is -0.923. The van der Waals surface area contributed by atoms with E-state index in [1.54, 1.807) is 0 Å². The van der Waals surface area contributed by atoms with Crippen LogP contribution in [0.4, 0.5) is 0 Å². The standard InChI is InChI=1S/C11H18N2O2/c1-7(2)10-9-8(15-13-10)4-3-5-11(9,14)6-12/h7,14H,3-6,12H2,1-2H3. The molecule has 1 aliphatic rings. The third-order valence-corrected chi connectivity index (χ3v) is 3.13. The molecule has 0 saturated carbocycles. The number of aromatic nitrogens is 1. The number of aliphatic hydroxyl groups is 1. The zero-order valence-corrected chi connectivity index (χ0v) is 9.29. The van der Waals surface area contributed by atoms with E-state index in [4.69, 9.17) is 10.3 Å². The summed E-state index contributed by atoms with van der Waals surface area (Å²) in [5, 5.41) is 14.5. The molecule has 15 heavy (non-hydrogen) atoms. The van der Waals surface area contributed by atoms with Crippen molar-refractivity contribution in [3.05, 3.63) is 17.0 Å². The van der Waals surface area contributed by atoms with E-state index in [0.717, 1.165) is 29.9 Å². The van der Waals surface area contributed by atoms with E-state index in [-0.39, 0.29) is 12.5 Å². The fourth-order valence-electron chi connectivity index (χ4n) is 2.27. The molecule has 1 heterocycles. The lowest BCUT2D eigenvalue weighted by Gasteiger charge is -2.30. The van der Waals surface area contributed by atoms with Gasteiger partial charge in [0.1, 0.15) is 11.4 Å². The molecule has 1 unspecified atom stereocenters. The largest absolute Gasteiger partial charge is 0.384 e. The number of aryl methyl sites for hydroxylation is 1. The second-order valence-electron chi connectivity index (χ2n) is 4.61. The van der Waals surface area contributed by atoms with Crippen LogP contribution < -0.4 is 5.73 Å². The predicted octanol–water partition coefficient (Wildman–Crippen LogP) is 1.28. The van der Waals surface area contributed by atoms with E-state index in [0.29, 0.717) is 6.42 Å². The molecule has 84 valence electrons. The van der Waals surface area contributed by atoms with Crippen molar-refractivity contribution >= 4 is 0 Å². The monoisotopic (exact) mass is 210 g/mol. The first-order valence-electron chi connectivity index (χ1n) is 5.50. The van der Waals surface area contributed by atoms with E-state index >= 15 is 0 Å². The molecule has 1 aromatic heterocycles. The molecule has 0 radical (unpaired) electrons. The summed E-state index contributed by atoms with van der Waals surface area (Å²) < 4.78 is 5.28. The van der Waals surface area contributed by atoms with Crippen LogP contribution in [0, 0.1) is 0 Å². The van der Waals surface area contributed by atoms with E-state index < -0.39 is 5.60 Å². The molecule has 0 bridgehead atoms. The highest BCUT2D eigenvalue weighted by atomic mass is 16.5. The van der Waals surface area contributed by atoms with Crippen LogP contribution in [0.3, 0.4) is 0 Å². The SMILES string of the molecule is CC(C)c1noc2c1C(O)(CN)CCC2. The number of fused-ring (bicyclic) bond motifs is 1. The summed E-state index contributed by atoms with van der Waals surface area (Å²) >= 11 is 0. The Bertz CT molecular complexity index is 359. The summed E-state index contributed by atoms with van der Waals surface area (Å²) in [5.74, 6) is 1.08. The van der Waals surface area contributed by atoms with E-state index in [1.807, 2.05) is 13.8 Å². The molecule has 1 atom stereocenters. The van der Waals surface area contributed by atoms with Crippen molar-refractivity contribution in [3.8, 4) is 0 Å². The minimum absolute atomic E-state index is 0.237. The first-order valence-corrected chi connectivity index (χ1v) is 5.50. The quantitative estimate of drug-likeness (QED) is 0.771. The second-order valence-corrected chi connectivity index (χ2v) is 4.61. The van der Waals surface area contributed by atoms with Crippen LogP contribution in [0.2, 0.25) is 0 Å². The van der Waals surface area contributed by atoms with Crippen LogP contribution in [0.15, 0.2) is 4.52 Å². The van der Waals surface area contributed by atoms with Gasteiger partial charge in [0.2, 0.25) is 0 Å². The first-order chi connectivity index (χ1) is 7.08. The Morgan fingerprint density at radius 2 is 2.33 bits per heavy atom. The van der Waals surface area contributed by atoms with Gasteiger partial charge in [0.05, 0.1) is 11.3 Å². The Morgan fingerprint density at radius 1 is 1.60 bits per heavy atom. The van der Waals surface area contributed by atoms with Crippen LogP contribution in [0.5, 0.6) is 0 Å². The van der Waals surface area contributed by atoms with Crippen molar-refractivity contribution in [3.63, 3.8) is 0 Å². The Kier molecular flexibility index (Phi) is 2.56. The maximum atomic E-state index is 10.4. The van der Waals surface area contributed by atoms with Gasteiger partial charge in [0, 0.05) is 13.0 Å². The molecule has 3 N–H and O–H groups in total. The molecule has 4 nitrogen and oxygen atoms in total. The smallest absolute Gasteiger partial charge is 0.143 e. The first kappa shape index (κ1) is 10.6. The van der Waals surface area contributed by atoms with Crippen LogP contribution >= 0.6 is 0 Å². The Hall–Kier alpha value is -0.870. The van der Waals surface area contributed by atoms with E-state index in [1.165, 1.54) is 0 Å². The molecule has 0 saturated heterocycles. The Morgan fingerprint density at radius 3 is 2.93 bits per heavy atom. The highest BCUT2D eigenvalue weighted by molar-refractivity contribution is 5.34. The molecule has 4 heteroatoms. The fourth-order valence-corrected chi connectivity index (χ4v) is 2.27. The molecule has 0 aromatic carbocycles. The summed E-state index contributed by atoms with van der Waals surface area (Å²) in [4.78, 5) is 0. The van der Waals surface area contributed by atoms with Gasteiger partial charge in [-0.15, -0.1) is 0 Å². The highest BCUT2D eigenvalue weighted by Gasteiger charge is 2.39. The zero-order valence-electron chi connectivity index (χ0n) is 9.29. The molecular weight excluding hydrogens is 192 g/mol. The van der Waals surface area contributed by atoms with Gasteiger partial charge >= 0.3 is 0 Å². The molecule has 2 rings (SSSR count). The number of nitrogens with two attached hydrogens (primary N) is 1. The molecule has 1 aromatic rings. The third-order valence-electron chi connectivity index (χ3n) is 3.13. The van der Waals surface area contributed by atoms with Crippen molar-refractivity contribution in [2.24, 2.45) is 5.73 Å². The van der Waals surface area contributed by atoms with Crippen molar-refractivity contribution < 1.29 is 9.63 Å². The summed E-state index contributed by atoms with van der Waals surface area (Å²) in [5.41, 5.74) is 6.45. The van der Waals surface area contributed by atoms with Gasteiger partial charge in [-0.3, -0.25) is 0 Å². The van der Waals surface area contributed by atoms with E-state index in [9.17, 15) is 5.11 Å². The lowest BCUT2D eigenvalue weighted by molar-refractivity contribution is 0.0247. The highest BCUT2D eigenvalue weighted by Crippen LogP contribution is 2.39. The summed E-state index contributed by atoms with van der Waals surface area (Å²) in [6.07, 6.45) is 2.47. The molecule has 0 fully saturated rings. The van der Waals surface area contributed by atoms with Crippen molar-refractivity contribution in [2.45, 2.75) is 44.6 Å². The van der Waals surface area contributed by atoms with Gasteiger partial charge in [-0.2, -0.15) is 0 Å². The van der Waals surface area contributed by atoms with Gasteiger partial charge < -0.3 is 15.4 Å². The Balaban J connectivity index is 2.52.